The molecule has 0 amide bonds. The van der Waals surface area contributed by atoms with Crippen molar-refractivity contribution < 1.29 is 4.74 Å². The number of hydrogen-bond donors (Lipinski definition) is 0. The van der Waals surface area contributed by atoms with Crippen LogP contribution in [-0.2, 0) is 13.0 Å². The van der Waals surface area contributed by atoms with Gasteiger partial charge >= 0.3 is 0 Å². The molecule has 0 spiro atoms. The van der Waals surface area contributed by atoms with Gasteiger partial charge in [-0.05, 0) is 36.5 Å². The molecule has 2 aromatic carbocycles. The number of rotatable bonds is 9. The highest BCUT2D eigenvalue weighted by Crippen LogP contribution is 2.26. The molecule has 3 nitrogen and oxygen atoms in total. The van der Waals surface area contributed by atoms with Gasteiger partial charge in [-0.25, -0.2) is 4.98 Å². The molecule has 0 N–H and O–H groups in total. The Kier molecular flexibility index (Phi) is 6.05. The second-order valence-electron chi connectivity index (χ2n) is 6.13. The summed E-state index contributed by atoms with van der Waals surface area (Å²) in [5.41, 5.74) is 3.48. The summed E-state index contributed by atoms with van der Waals surface area (Å²) in [6.07, 6.45) is 8.79. The van der Waals surface area contributed by atoms with E-state index in [0.29, 0.717) is 6.54 Å². The van der Waals surface area contributed by atoms with E-state index in [4.69, 9.17) is 4.74 Å². The minimum Gasteiger partial charge on any atom is -0.493 e. The summed E-state index contributed by atoms with van der Waals surface area (Å²) >= 11 is 0. The van der Waals surface area contributed by atoms with E-state index in [9.17, 15) is 0 Å². The zero-order chi connectivity index (χ0) is 17.3. The number of hydrogen-bond acceptors (Lipinski definition) is 2. The van der Waals surface area contributed by atoms with Gasteiger partial charge in [0.2, 0.25) is 0 Å². The molecule has 0 fully saturated rings. The molecule has 0 aliphatic heterocycles. The lowest BCUT2D eigenvalue weighted by atomic mass is 10.1. The highest BCUT2D eigenvalue weighted by atomic mass is 16.5. The Balaban J connectivity index is 1.50. The van der Waals surface area contributed by atoms with Crippen LogP contribution in [0, 0.1) is 0 Å². The van der Waals surface area contributed by atoms with Gasteiger partial charge in [-0.15, -0.1) is 0 Å². The number of aromatic nitrogens is 2. The zero-order valence-electron chi connectivity index (χ0n) is 14.5. The van der Waals surface area contributed by atoms with Gasteiger partial charge in [0.1, 0.15) is 5.75 Å². The van der Waals surface area contributed by atoms with Gasteiger partial charge < -0.3 is 9.30 Å². The van der Waals surface area contributed by atoms with Crippen molar-refractivity contribution in [2.45, 2.75) is 25.8 Å². The summed E-state index contributed by atoms with van der Waals surface area (Å²) in [6.45, 7) is 5.66. The highest BCUT2D eigenvalue weighted by molar-refractivity contribution is 5.68. The standard InChI is InChI=1S/C22H24N2O/c1-19(17-24-15-14-23-18-24)21-12-5-6-13-22(21)25-16-8-7-11-20-9-3-2-4-10-20/h2-6,9-10,12-15,18H,1,7-8,11,16-17H2. The van der Waals surface area contributed by atoms with Crippen molar-refractivity contribution in [2.75, 3.05) is 6.61 Å². The molecule has 0 aliphatic rings. The number of unbranched alkanes of at least 4 members (excludes halogenated alkanes) is 1. The van der Waals surface area contributed by atoms with Gasteiger partial charge in [0.05, 0.1) is 12.9 Å². The zero-order valence-corrected chi connectivity index (χ0v) is 14.5. The number of aryl methyl sites for hydroxylation is 1. The minimum absolute atomic E-state index is 0.717. The molecule has 3 aromatic rings. The molecule has 25 heavy (non-hydrogen) atoms. The van der Waals surface area contributed by atoms with Gasteiger partial charge in [0.15, 0.2) is 0 Å². The molecular formula is C22H24N2O. The molecule has 0 unspecified atom stereocenters. The first-order chi connectivity index (χ1) is 12.3. The van der Waals surface area contributed by atoms with Crippen LogP contribution in [0.2, 0.25) is 0 Å². The molecule has 0 atom stereocenters. The SMILES string of the molecule is C=C(Cn1ccnc1)c1ccccc1OCCCCc1ccccc1. The molecule has 1 aromatic heterocycles. The van der Waals surface area contributed by atoms with E-state index < -0.39 is 0 Å². The normalized spacial score (nSPS) is 10.6. The van der Waals surface area contributed by atoms with Crippen molar-refractivity contribution in [1.29, 1.82) is 0 Å². The maximum atomic E-state index is 6.03. The monoisotopic (exact) mass is 332 g/mol. The number of allylic oxidation sites excluding steroid dienone is 1. The summed E-state index contributed by atoms with van der Waals surface area (Å²) in [4.78, 5) is 4.08. The number of nitrogens with zero attached hydrogens (tertiary/aromatic N) is 2. The molecule has 0 radical (unpaired) electrons. The van der Waals surface area contributed by atoms with E-state index in [0.717, 1.165) is 42.8 Å². The van der Waals surface area contributed by atoms with Crippen LogP contribution in [0.25, 0.3) is 5.57 Å². The lowest BCUT2D eigenvalue weighted by molar-refractivity contribution is 0.306. The average Bonchev–Trinajstić information content (AvgIpc) is 3.15. The third-order valence-electron chi connectivity index (χ3n) is 4.16. The van der Waals surface area contributed by atoms with Gasteiger partial charge in [0.25, 0.3) is 0 Å². The number of benzene rings is 2. The van der Waals surface area contributed by atoms with Gasteiger partial charge in [-0.1, -0.05) is 55.1 Å². The fourth-order valence-electron chi connectivity index (χ4n) is 2.83. The molecular weight excluding hydrogens is 308 g/mol. The van der Waals surface area contributed by atoms with Gasteiger partial charge in [-0.2, -0.15) is 0 Å². The van der Waals surface area contributed by atoms with Crippen LogP contribution in [-0.4, -0.2) is 16.2 Å². The maximum absolute atomic E-state index is 6.03. The van der Waals surface area contributed by atoms with E-state index in [1.165, 1.54) is 5.56 Å². The van der Waals surface area contributed by atoms with Gasteiger partial charge in [-0.3, -0.25) is 0 Å². The van der Waals surface area contributed by atoms with E-state index in [1.807, 2.05) is 29.0 Å². The van der Waals surface area contributed by atoms with Crippen LogP contribution in [0.4, 0.5) is 0 Å². The lowest BCUT2D eigenvalue weighted by Gasteiger charge is -2.14. The van der Waals surface area contributed by atoms with E-state index in [1.54, 1.807) is 12.5 Å². The third kappa shape index (κ3) is 5.08. The molecule has 1 heterocycles. The Morgan fingerprint density at radius 2 is 1.80 bits per heavy atom. The summed E-state index contributed by atoms with van der Waals surface area (Å²) in [6, 6.07) is 18.7. The molecule has 0 saturated heterocycles. The average molecular weight is 332 g/mol. The Morgan fingerprint density at radius 1 is 1.00 bits per heavy atom. The fourth-order valence-corrected chi connectivity index (χ4v) is 2.83. The number of imidazole rings is 1. The number of ether oxygens (including phenoxy) is 1. The Morgan fingerprint density at radius 3 is 2.60 bits per heavy atom. The van der Waals surface area contributed by atoms with E-state index >= 15 is 0 Å². The second-order valence-corrected chi connectivity index (χ2v) is 6.13. The summed E-state index contributed by atoms with van der Waals surface area (Å²) < 4.78 is 8.04. The Labute approximate surface area is 149 Å². The predicted molar refractivity (Wildman–Crippen MR) is 103 cm³/mol. The molecule has 0 aliphatic carbocycles. The molecule has 0 bridgehead atoms. The first-order valence-corrected chi connectivity index (χ1v) is 8.72. The van der Waals surface area contributed by atoms with E-state index in [-0.39, 0.29) is 0 Å². The Bertz CT molecular complexity index is 779. The predicted octanol–water partition coefficient (Wildman–Crippen LogP) is 5.00. The van der Waals surface area contributed by atoms with Crippen LogP contribution < -0.4 is 4.74 Å². The van der Waals surface area contributed by atoms with Crippen LogP contribution in [0.1, 0.15) is 24.0 Å². The van der Waals surface area contributed by atoms with Crippen molar-refractivity contribution in [3.05, 3.63) is 91.0 Å². The first kappa shape index (κ1) is 17.0. The molecule has 3 rings (SSSR count). The minimum atomic E-state index is 0.717. The van der Waals surface area contributed by atoms with Crippen molar-refractivity contribution in [2.24, 2.45) is 0 Å². The summed E-state index contributed by atoms with van der Waals surface area (Å²) in [5, 5.41) is 0. The smallest absolute Gasteiger partial charge is 0.126 e. The molecule has 3 heteroatoms. The summed E-state index contributed by atoms with van der Waals surface area (Å²) in [7, 11) is 0. The van der Waals surface area contributed by atoms with Crippen molar-refractivity contribution in [3.8, 4) is 5.75 Å². The van der Waals surface area contributed by atoms with Crippen molar-refractivity contribution >= 4 is 5.57 Å². The van der Waals surface area contributed by atoms with Crippen molar-refractivity contribution in [3.63, 3.8) is 0 Å². The fraction of sp³-hybridized carbons (Fsp3) is 0.227. The maximum Gasteiger partial charge on any atom is 0.126 e. The first-order valence-electron chi connectivity index (χ1n) is 8.72. The number of para-hydroxylation sites is 1. The van der Waals surface area contributed by atoms with Crippen LogP contribution >= 0.6 is 0 Å². The van der Waals surface area contributed by atoms with Crippen LogP contribution in [0.3, 0.4) is 0 Å². The van der Waals surface area contributed by atoms with Crippen LogP contribution in [0.5, 0.6) is 5.75 Å². The molecule has 0 saturated carbocycles. The highest BCUT2D eigenvalue weighted by Gasteiger charge is 2.07. The summed E-state index contributed by atoms with van der Waals surface area (Å²) in [5.74, 6) is 0.910. The van der Waals surface area contributed by atoms with Crippen molar-refractivity contribution in [1.82, 2.24) is 9.55 Å². The van der Waals surface area contributed by atoms with Crippen LogP contribution in [0.15, 0.2) is 79.9 Å². The van der Waals surface area contributed by atoms with Gasteiger partial charge in [0, 0.05) is 24.5 Å². The molecule has 128 valence electrons. The second kappa shape index (κ2) is 8.88. The third-order valence-corrected chi connectivity index (χ3v) is 4.16. The largest absolute Gasteiger partial charge is 0.493 e. The van der Waals surface area contributed by atoms with E-state index in [2.05, 4.69) is 48.0 Å². The quantitative estimate of drug-likeness (QED) is 0.516. The Hall–Kier alpha value is -2.81. The lowest BCUT2D eigenvalue weighted by Crippen LogP contribution is -2.03. The topological polar surface area (TPSA) is 27.1 Å².